The Bertz CT molecular complexity index is 263. The quantitative estimate of drug-likeness (QED) is 0.246. The standard InChI is InChI=1S/C12H22N2O4/c1-2-3-4-5-6-7-8-9-12(10-13(15)16)11-14(17)18/h6-7,12H,2-5,8-11H2,1H3/b7-6+. The second-order valence-electron chi connectivity index (χ2n) is 4.44. The third-order valence-electron chi connectivity index (χ3n) is 2.70. The van der Waals surface area contributed by atoms with E-state index in [-0.39, 0.29) is 13.1 Å². The number of allylic oxidation sites excluding steroid dienone is 2. The van der Waals surface area contributed by atoms with E-state index in [4.69, 9.17) is 0 Å². The molecule has 0 aromatic rings. The van der Waals surface area contributed by atoms with Gasteiger partial charge in [-0.3, -0.25) is 20.2 Å². The highest BCUT2D eigenvalue weighted by Gasteiger charge is 2.20. The lowest BCUT2D eigenvalue weighted by Gasteiger charge is -2.05. The molecular formula is C12H22N2O4. The van der Waals surface area contributed by atoms with Crippen molar-refractivity contribution in [3.8, 4) is 0 Å². The monoisotopic (exact) mass is 258 g/mol. The number of nitrogens with zero attached hydrogens (tertiary/aromatic N) is 2. The van der Waals surface area contributed by atoms with Crippen LogP contribution in [-0.4, -0.2) is 22.9 Å². The minimum absolute atomic E-state index is 0.315. The zero-order chi connectivity index (χ0) is 13.8. The van der Waals surface area contributed by atoms with Crippen LogP contribution >= 0.6 is 0 Å². The highest BCUT2D eigenvalue weighted by atomic mass is 16.6. The van der Waals surface area contributed by atoms with Gasteiger partial charge in [0, 0.05) is 9.85 Å². The molecule has 0 aromatic heterocycles. The van der Waals surface area contributed by atoms with E-state index in [2.05, 4.69) is 13.0 Å². The van der Waals surface area contributed by atoms with Gasteiger partial charge in [-0.05, 0) is 25.7 Å². The van der Waals surface area contributed by atoms with Crippen molar-refractivity contribution >= 4 is 0 Å². The Labute approximate surface area is 107 Å². The topological polar surface area (TPSA) is 86.3 Å². The summed E-state index contributed by atoms with van der Waals surface area (Å²) in [4.78, 5) is 19.8. The molecule has 6 heteroatoms. The first-order valence-electron chi connectivity index (χ1n) is 6.44. The minimum atomic E-state index is -0.473. The molecular weight excluding hydrogens is 236 g/mol. The van der Waals surface area contributed by atoms with Crippen molar-refractivity contribution in [3.05, 3.63) is 32.4 Å². The van der Waals surface area contributed by atoms with Crippen molar-refractivity contribution < 1.29 is 9.85 Å². The van der Waals surface area contributed by atoms with Gasteiger partial charge in [0.05, 0.1) is 5.92 Å². The lowest BCUT2D eigenvalue weighted by molar-refractivity contribution is -0.524. The Kier molecular flexibility index (Phi) is 9.81. The van der Waals surface area contributed by atoms with Crippen LogP contribution in [0.2, 0.25) is 0 Å². The molecule has 0 aliphatic carbocycles. The van der Waals surface area contributed by atoms with Crippen molar-refractivity contribution in [1.29, 1.82) is 0 Å². The van der Waals surface area contributed by atoms with Gasteiger partial charge in [-0.25, -0.2) is 0 Å². The Balaban J connectivity index is 3.81. The molecule has 6 nitrogen and oxygen atoms in total. The molecule has 18 heavy (non-hydrogen) atoms. The fraction of sp³-hybridized carbons (Fsp3) is 0.833. The molecule has 0 spiro atoms. The molecule has 0 heterocycles. The molecule has 0 saturated carbocycles. The number of rotatable bonds is 11. The van der Waals surface area contributed by atoms with Crippen LogP contribution in [0.5, 0.6) is 0 Å². The number of hydrogen-bond acceptors (Lipinski definition) is 4. The fourth-order valence-corrected chi connectivity index (χ4v) is 1.74. The van der Waals surface area contributed by atoms with E-state index in [9.17, 15) is 20.2 Å². The minimum Gasteiger partial charge on any atom is -0.265 e. The first-order chi connectivity index (χ1) is 8.56. The van der Waals surface area contributed by atoms with Crippen LogP contribution in [0.15, 0.2) is 12.2 Å². The summed E-state index contributed by atoms with van der Waals surface area (Å²) in [5.41, 5.74) is 0. The van der Waals surface area contributed by atoms with Crippen LogP contribution in [0.1, 0.15) is 45.4 Å². The summed E-state index contributed by atoms with van der Waals surface area (Å²) < 4.78 is 0. The average Bonchev–Trinajstić information content (AvgIpc) is 2.26. The summed E-state index contributed by atoms with van der Waals surface area (Å²) in [6, 6.07) is 0. The Morgan fingerprint density at radius 1 is 1.00 bits per heavy atom. The zero-order valence-electron chi connectivity index (χ0n) is 10.9. The van der Waals surface area contributed by atoms with Crippen molar-refractivity contribution in [1.82, 2.24) is 0 Å². The predicted octanol–water partition coefficient (Wildman–Crippen LogP) is 3.07. The predicted molar refractivity (Wildman–Crippen MR) is 69.7 cm³/mol. The van der Waals surface area contributed by atoms with Gasteiger partial charge in [-0.15, -0.1) is 0 Å². The highest BCUT2D eigenvalue weighted by molar-refractivity contribution is 4.82. The van der Waals surface area contributed by atoms with Crippen molar-refractivity contribution in [2.45, 2.75) is 45.4 Å². The summed E-state index contributed by atoms with van der Waals surface area (Å²) in [7, 11) is 0. The van der Waals surface area contributed by atoms with Crippen LogP contribution < -0.4 is 0 Å². The smallest absolute Gasteiger partial charge is 0.212 e. The van der Waals surface area contributed by atoms with Gasteiger partial charge in [0.2, 0.25) is 13.1 Å². The fourth-order valence-electron chi connectivity index (χ4n) is 1.74. The normalized spacial score (nSPS) is 11.2. The number of hydrogen-bond donors (Lipinski definition) is 0. The van der Waals surface area contributed by atoms with Crippen molar-refractivity contribution in [3.63, 3.8) is 0 Å². The van der Waals surface area contributed by atoms with E-state index in [1.807, 2.05) is 6.08 Å². The van der Waals surface area contributed by atoms with Crippen LogP contribution in [-0.2, 0) is 0 Å². The second-order valence-corrected chi connectivity index (χ2v) is 4.44. The van der Waals surface area contributed by atoms with E-state index in [0.29, 0.717) is 12.8 Å². The Morgan fingerprint density at radius 3 is 2.06 bits per heavy atom. The molecule has 0 bridgehead atoms. The van der Waals surface area contributed by atoms with E-state index < -0.39 is 15.8 Å². The van der Waals surface area contributed by atoms with Gasteiger partial charge in [0.25, 0.3) is 0 Å². The molecule has 0 fully saturated rings. The first kappa shape index (κ1) is 16.5. The summed E-state index contributed by atoms with van der Waals surface area (Å²) in [6.07, 6.45) is 9.78. The van der Waals surface area contributed by atoms with Gasteiger partial charge < -0.3 is 0 Å². The van der Waals surface area contributed by atoms with Gasteiger partial charge in [-0.1, -0.05) is 31.9 Å². The van der Waals surface area contributed by atoms with Crippen LogP contribution in [0, 0.1) is 26.1 Å². The largest absolute Gasteiger partial charge is 0.265 e. The van der Waals surface area contributed by atoms with Crippen molar-refractivity contribution in [2.75, 3.05) is 13.1 Å². The van der Waals surface area contributed by atoms with Crippen molar-refractivity contribution in [2.24, 2.45) is 5.92 Å². The number of nitro groups is 2. The maximum Gasteiger partial charge on any atom is 0.212 e. The summed E-state index contributed by atoms with van der Waals surface area (Å²) in [5.74, 6) is -0.463. The van der Waals surface area contributed by atoms with E-state index in [1.165, 1.54) is 12.8 Å². The molecule has 0 N–H and O–H groups in total. The summed E-state index contributed by atoms with van der Waals surface area (Å²) in [6.45, 7) is 1.51. The third-order valence-corrected chi connectivity index (χ3v) is 2.70. The SMILES string of the molecule is CCCCC/C=C/CCC(C[N+](=O)[O-])C[N+](=O)[O-]. The maximum atomic E-state index is 10.4. The van der Waals surface area contributed by atoms with Crippen LogP contribution in [0.25, 0.3) is 0 Å². The van der Waals surface area contributed by atoms with Gasteiger partial charge >= 0.3 is 0 Å². The van der Waals surface area contributed by atoms with Gasteiger partial charge in [0.1, 0.15) is 0 Å². The maximum absolute atomic E-state index is 10.4. The van der Waals surface area contributed by atoms with E-state index in [1.54, 1.807) is 0 Å². The van der Waals surface area contributed by atoms with Crippen LogP contribution in [0.4, 0.5) is 0 Å². The molecule has 0 unspecified atom stereocenters. The van der Waals surface area contributed by atoms with Crippen LogP contribution in [0.3, 0.4) is 0 Å². The first-order valence-corrected chi connectivity index (χ1v) is 6.44. The lowest BCUT2D eigenvalue weighted by atomic mass is 10.0. The summed E-state index contributed by atoms with van der Waals surface area (Å²) in [5, 5.41) is 20.7. The molecule has 0 aromatic carbocycles. The summed E-state index contributed by atoms with van der Waals surface area (Å²) >= 11 is 0. The molecule has 0 amide bonds. The highest BCUT2D eigenvalue weighted by Crippen LogP contribution is 2.09. The molecule has 0 radical (unpaired) electrons. The molecule has 0 aliphatic rings. The molecule has 0 aliphatic heterocycles. The molecule has 0 atom stereocenters. The third kappa shape index (κ3) is 11.0. The zero-order valence-corrected chi connectivity index (χ0v) is 10.9. The Hall–Kier alpha value is -1.46. The average molecular weight is 258 g/mol. The molecule has 104 valence electrons. The molecule has 0 rings (SSSR count). The number of unbranched alkanes of at least 4 members (excludes halogenated alkanes) is 3. The lowest BCUT2D eigenvalue weighted by Crippen LogP contribution is -2.22. The van der Waals surface area contributed by atoms with Gasteiger partial charge in [0.15, 0.2) is 0 Å². The van der Waals surface area contributed by atoms with E-state index >= 15 is 0 Å². The van der Waals surface area contributed by atoms with E-state index in [0.717, 1.165) is 12.8 Å². The molecule has 0 saturated heterocycles. The Morgan fingerprint density at radius 2 is 1.56 bits per heavy atom. The second kappa shape index (κ2) is 10.7. The van der Waals surface area contributed by atoms with Gasteiger partial charge in [-0.2, -0.15) is 0 Å².